The van der Waals surface area contributed by atoms with Gasteiger partial charge in [0.05, 0.1) is 12.7 Å². The molecule has 98 valence electrons. The number of carbonyl (C=O) groups is 1. The minimum absolute atomic E-state index is 0.254. The molecule has 0 bridgehead atoms. The van der Waals surface area contributed by atoms with Crippen molar-refractivity contribution in [2.45, 2.75) is 27.2 Å². The molecule has 1 N–H and O–H groups in total. The molecular weight excluding hydrogens is 228 g/mol. The van der Waals surface area contributed by atoms with E-state index >= 15 is 0 Å². The van der Waals surface area contributed by atoms with Crippen molar-refractivity contribution in [3.63, 3.8) is 0 Å². The van der Waals surface area contributed by atoms with Crippen molar-refractivity contribution >= 4 is 11.6 Å². The van der Waals surface area contributed by atoms with Crippen LogP contribution >= 0.6 is 0 Å². The Bertz CT molecular complexity index is 439. The molecule has 1 aromatic rings. The highest BCUT2D eigenvalue weighted by atomic mass is 16.5. The zero-order valence-electron chi connectivity index (χ0n) is 11.4. The van der Waals surface area contributed by atoms with Crippen LogP contribution in [0.5, 0.6) is 5.75 Å². The number of methoxy groups -OCH3 is 1. The lowest BCUT2D eigenvalue weighted by Gasteiger charge is -2.07. The van der Waals surface area contributed by atoms with Gasteiger partial charge in [0.2, 0.25) is 0 Å². The molecule has 0 aliphatic rings. The average Bonchev–Trinajstić information content (AvgIpc) is 2.35. The van der Waals surface area contributed by atoms with Gasteiger partial charge in [-0.15, -0.1) is 0 Å². The fraction of sp³-hybridized carbons (Fsp3) is 0.429. The summed E-state index contributed by atoms with van der Waals surface area (Å²) in [6.07, 6.45) is 0.867. The highest BCUT2D eigenvalue weighted by Gasteiger charge is 2.10. The number of rotatable bonds is 5. The van der Waals surface area contributed by atoms with E-state index in [4.69, 9.17) is 4.74 Å². The van der Waals surface area contributed by atoms with E-state index in [0.29, 0.717) is 17.2 Å². The van der Waals surface area contributed by atoms with Gasteiger partial charge in [-0.3, -0.25) is 4.79 Å². The standard InChI is InChI=1S/C14H20N2O2/c1-10(2)9-11(3)15-16-14(17)12-7-5-6-8-13(12)18-4/h5-8,10H,9H2,1-4H3,(H,16,17)/b15-11-. The summed E-state index contributed by atoms with van der Waals surface area (Å²) in [5.41, 5.74) is 3.95. The highest BCUT2D eigenvalue weighted by molar-refractivity contribution is 5.97. The molecule has 18 heavy (non-hydrogen) atoms. The smallest absolute Gasteiger partial charge is 0.275 e. The Hall–Kier alpha value is -1.84. The van der Waals surface area contributed by atoms with Crippen LogP contribution in [0.3, 0.4) is 0 Å². The minimum Gasteiger partial charge on any atom is -0.496 e. The fourth-order valence-corrected chi connectivity index (χ4v) is 1.68. The van der Waals surface area contributed by atoms with Gasteiger partial charge in [0.15, 0.2) is 0 Å². The van der Waals surface area contributed by atoms with Crippen LogP contribution in [-0.4, -0.2) is 18.7 Å². The maximum atomic E-state index is 11.9. The first-order valence-corrected chi connectivity index (χ1v) is 6.01. The van der Waals surface area contributed by atoms with Crippen molar-refractivity contribution in [2.24, 2.45) is 11.0 Å². The lowest BCUT2D eigenvalue weighted by molar-refractivity contribution is 0.0951. The molecule has 0 saturated heterocycles. The predicted octanol–water partition coefficient (Wildman–Crippen LogP) is 2.85. The van der Waals surface area contributed by atoms with Crippen molar-refractivity contribution in [2.75, 3.05) is 7.11 Å². The van der Waals surface area contributed by atoms with Crippen LogP contribution in [0.25, 0.3) is 0 Å². The van der Waals surface area contributed by atoms with Crippen molar-refractivity contribution in [3.8, 4) is 5.75 Å². The van der Waals surface area contributed by atoms with E-state index in [1.54, 1.807) is 25.3 Å². The summed E-state index contributed by atoms with van der Waals surface area (Å²) >= 11 is 0. The summed E-state index contributed by atoms with van der Waals surface area (Å²) in [6, 6.07) is 7.08. The number of hydrazone groups is 1. The molecule has 0 heterocycles. The topological polar surface area (TPSA) is 50.7 Å². The molecule has 0 spiro atoms. The van der Waals surface area contributed by atoms with E-state index in [9.17, 15) is 4.79 Å². The molecule has 4 nitrogen and oxygen atoms in total. The Kier molecular flexibility index (Phi) is 5.36. The van der Waals surface area contributed by atoms with Crippen molar-refractivity contribution < 1.29 is 9.53 Å². The number of carbonyl (C=O) groups excluding carboxylic acids is 1. The molecule has 0 fully saturated rings. The summed E-state index contributed by atoms with van der Waals surface area (Å²) in [5.74, 6) is 0.819. The summed E-state index contributed by atoms with van der Waals surface area (Å²) < 4.78 is 5.13. The summed E-state index contributed by atoms with van der Waals surface area (Å²) in [4.78, 5) is 11.9. The Morgan fingerprint density at radius 1 is 1.39 bits per heavy atom. The van der Waals surface area contributed by atoms with Gasteiger partial charge < -0.3 is 4.74 Å². The molecule has 0 aromatic heterocycles. The van der Waals surface area contributed by atoms with Crippen LogP contribution < -0.4 is 10.2 Å². The molecule has 1 aromatic carbocycles. The number of amides is 1. The molecule has 4 heteroatoms. The molecule has 0 saturated carbocycles. The quantitative estimate of drug-likeness (QED) is 0.643. The maximum absolute atomic E-state index is 11.9. The van der Waals surface area contributed by atoms with Gasteiger partial charge in [-0.05, 0) is 31.4 Å². The lowest BCUT2D eigenvalue weighted by Crippen LogP contribution is -2.20. The third-order valence-electron chi connectivity index (χ3n) is 2.40. The van der Waals surface area contributed by atoms with Crippen molar-refractivity contribution in [1.82, 2.24) is 5.43 Å². The van der Waals surface area contributed by atoms with E-state index in [1.165, 1.54) is 0 Å². The second-order valence-electron chi connectivity index (χ2n) is 4.59. The second-order valence-corrected chi connectivity index (χ2v) is 4.59. The normalized spacial score (nSPS) is 11.5. The lowest BCUT2D eigenvalue weighted by atomic mass is 10.1. The van der Waals surface area contributed by atoms with Crippen LogP contribution in [0.2, 0.25) is 0 Å². The first kappa shape index (κ1) is 14.2. The molecule has 0 aliphatic heterocycles. The van der Waals surface area contributed by atoms with E-state index in [1.807, 2.05) is 13.0 Å². The van der Waals surface area contributed by atoms with Gasteiger partial charge in [0.25, 0.3) is 5.91 Å². The fourth-order valence-electron chi connectivity index (χ4n) is 1.68. The number of nitrogens with zero attached hydrogens (tertiary/aromatic N) is 1. The van der Waals surface area contributed by atoms with Gasteiger partial charge in [-0.2, -0.15) is 5.10 Å². The van der Waals surface area contributed by atoms with E-state index in [2.05, 4.69) is 24.4 Å². The number of nitrogens with one attached hydrogen (secondary N) is 1. The Labute approximate surface area is 108 Å². The van der Waals surface area contributed by atoms with Gasteiger partial charge in [-0.25, -0.2) is 5.43 Å². The zero-order chi connectivity index (χ0) is 13.5. The number of hydrogen-bond acceptors (Lipinski definition) is 3. The summed E-state index contributed by atoms with van der Waals surface area (Å²) in [7, 11) is 1.54. The van der Waals surface area contributed by atoms with Gasteiger partial charge in [-0.1, -0.05) is 26.0 Å². The Balaban J connectivity index is 2.71. The molecule has 0 aliphatic carbocycles. The van der Waals surface area contributed by atoms with Crippen LogP contribution in [0, 0.1) is 5.92 Å². The first-order chi connectivity index (χ1) is 8.54. The van der Waals surface area contributed by atoms with Crippen molar-refractivity contribution in [3.05, 3.63) is 29.8 Å². The minimum atomic E-state index is -0.254. The van der Waals surface area contributed by atoms with Gasteiger partial charge >= 0.3 is 0 Å². The van der Waals surface area contributed by atoms with Crippen LogP contribution in [0.4, 0.5) is 0 Å². The van der Waals surface area contributed by atoms with Crippen molar-refractivity contribution in [1.29, 1.82) is 0 Å². The Morgan fingerprint density at radius 3 is 2.67 bits per heavy atom. The first-order valence-electron chi connectivity index (χ1n) is 6.01. The van der Waals surface area contributed by atoms with Crippen LogP contribution in [-0.2, 0) is 0 Å². The van der Waals surface area contributed by atoms with Gasteiger partial charge in [0, 0.05) is 5.71 Å². The van der Waals surface area contributed by atoms with Gasteiger partial charge in [0.1, 0.15) is 5.75 Å². The molecule has 0 unspecified atom stereocenters. The summed E-state index contributed by atoms with van der Waals surface area (Å²) in [5, 5.41) is 4.08. The molecule has 1 rings (SSSR count). The largest absolute Gasteiger partial charge is 0.496 e. The number of benzene rings is 1. The molecule has 0 atom stereocenters. The third kappa shape index (κ3) is 4.20. The van der Waals surface area contributed by atoms with Crippen LogP contribution in [0.1, 0.15) is 37.6 Å². The zero-order valence-corrected chi connectivity index (χ0v) is 11.4. The van der Waals surface area contributed by atoms with E-state index in [-0.39, 0.29) is 5.91 Å². The second kappa shape index (κ2) is 6.79. The van der Waals surface area contributed by atoms with Crippen LogP contribution in [0.15, 0.2) is 29.4 Å². The molecule has 0 radical (unpaired) electrons. The number of hydrogen-bond donors (Lipinski definition) is 1. The Morgan fingerprint density at radius 2 is 2.06 bits per heavy atom. The third-order valence-corrected chi connectivity index (χ3v) is 2.40. The SMILES string of the molecule is COc1ccccc1C(=O)N/N=C(/C)CC(C)C. The highest BCUT2D eigenvalue weighted by Crippen LogP contribution is 2.16. The number of para-hydroxylation sites is 1. The average molecular weight is 248 g/mol. The predicted molar refractivity (Wildman–Crippen MR) is 73.0 cm³/mol. The molecular formula is C14H20N2O2. The maximum Gasteiger partial charge on any atom is 0.275 e. The van der Waals surface area contributed by atoms with E-state index < -0.39 is 0 Å². The summed E-state index contributed by atoms with van der Waals surface area (Å²) in [6.45, 7) is 6.13. The van der Waals surface area contributed by atoms with E-state index in [0.717, 1.165) is 12.1 Å². The monoisotopic (exact) mass is 248 g/mol. The number of ether oxygens (including phenoxy) is 1. The molecule has 1 amide bonds.